The monoisotopic (exact) mass is 317 g/mol. The number of hydrogen-bond acceptors (Lipinski definition) is 1. The maximum atomic E-state index is 9.44. The molecule has 0 aromatic heterocycles. The van der Waals surface area contributed by atoms with Crippen molar-refractivity contribution < 1.29 is 0 Å². The SMILES string of the molecule is CC(C)c1ccc(CC(C#N)c2ccc(Cl)cc2Cl)cc1. The minimum Gasteiger partial charge on any atom is -0.198 e. The molecule has 0 radical (unpaired) electrons. The first-order valence-electron chi connectivity index (χ1n) is 6.94. The lowest BCUT2D eigenvalue weighted by Crippen LogP contribution is -2.01. The molecule has 0 aliphatic carbocycles. The van der Waals surface area contributed by atoms with E-state index < -0.39 is 0 Å². The molecule has 1 unspecified atom stereocenters. The predicted octanol–water partition coefficient (Wildman–Crippen LogP) is 5.97. The quantitative estimate of drug-likeness (QED) is 0.681. The van der Waals surface area contributed by atoms with E-state index in [-0.39, 0.29) is 5.92 Å². The number of benzene rings is 2. The van der Waals surface area contributed by atoms with Gasteiger partial charge in [0, 0.05) is 10.0 Å². The van der Waals surface area contributed by atoms with Crippen molar-refractivity contribution in [3.05, 3.63) is 69.2 Å². The highest BCUT2D eigenvalue weighted by molar-refractivity contribution is 6.35. The summed E-state index contributed by atoms with van der Waals surface area (Å²) in [6.45, 7) is 4.33. The summed E-state index contributed by atoms with van der Waals surface area (Å²) in [5.74, 6) is 0.246. The van der Waals surface area contributed by atoms with Gasteiger partial charge in [0.25, 0.3) is 0 Å². The molecule has 0 heterocycles. The summed E-state index contributed by atoms with van der Waals surface area (Å²) in [5, 5.41) is 10.6. The van der Waals surface area contributed by atoms with Gasteiger partial charge < -0.3 is 0 Å². The zero-order valence-electron chi connectivity index (χ0n) is 12.1. The lowest BCUT2D eigenvalue weighted by atomic mass is 9.92. The molecular weight excluding hydrogens is 301 g/mol. The van der Waals surface area contributed by atoms with Crippen molar-refractivity contribution in [2.75, 3.05) is 0 Å². The van der Waals surface area contributed by atoms with Crippen molar-refractivity contribution in [2.24, 2.45) is 0 Å². The van der Waals surface area contributed by atoms with Gasteiger partial charge in [0.1, 0.15) is 0 Å². The van der Waals surface area contributed by atoms with Crippen molar-refractivity contribution in [1.82, 2.24) is 0 Å². The van der Waals surface area contributed by atoms with Crippen LogP contribution >= 0.6 is 23.2 Å². The maximum Gasteiger partial charge on any atom is 0.0767 e. The molecule has 2 aromatic carbocycles. The maximum absolute atomic E-state index is 9.44. The van der Waals surface area contributed by atoms with E-state index >= 15 is 0 Å². The molecule has 0 saturated carbocycles. The summed E-state index contributed by atoms with van der Waals surface area (Å²) in [6, 6.07) is 16.0. The number of nitriles is 1. The zero-order chi connectivity index (χ0) is 15.4. The summed E-state index contributed by atoms with van der Waals surface area (Å²) in [5.41, 5.74) is 3.27. The fourth-order valence-electron chi connectivity index (χ4n) is 2.28. The van der Waals surface area contributed by atoms with Gasteiger partial charge in [-0.3, -0.25) is 0 Å². The molecule has 0 amide bonds. The second-order valence-electron chi connectivity index (χ2n) is 5.45. The van der Waals surface area contributed by atoms with Crippen molar-refractivity contribution in [2.45, 2.75) is 32.1 Å². The summed E-state index contributed by atoms with van der Waals surface area (Å²) in [4.78, 5) is 0. The Hall–Kier alpha value is -1.49. The van der Waals surface area contributed by atoms with E-state index in [4.69, 9.17) is 23.2 Å². The molecule has 0 fully saturated rings. The first kappa shape index (κ1) is 15.9. The number of rotatable bonds is 4. The van der Waals surface area contributed by atoms with Crippen LogP contribution in [0.4, 0.5) is 0 Å². The number of hydrogen-bond donors (Lipinski definition) is 0. The number of nitrogens with zero attached hydrogens (tertiary/aromatic N) is 1. The highest BCUT2D eigenvalue weighted by Crippen LogP contribution is 2.30. The van der Waals surface area contributed by atoms with Gasteiger partial charge in [0.15, 0.2) is 0 Å². The van der Waals surface area contributed by atoms with Crippen molar-refractivity contribution in [1.29, 1.82) is 5.26 Å². The number of halogens is 2. The molecule has 0 bridgehead atoms. The van der Waals surface area contributed by atoms with Crippen molar-refractivity contribution >= 4 is 23.2 Å². The Bertz CT molecular complexity index is 654. The molecular formula is C18H17Cl2N. The van der Waals surface area contributed by atoms with E-state index in [1.807, 2.05) is 6.07 Å². The van der Waals surface area contributed by atoms with Crippen LogP contribution in [-0.2, 0) is 6.42 Å². The third-order valence-corrected chi connectivity index (χ3v) is 4.14. The van der Waals surface area contributed by atoms with E-state index in [1.165, 1.54) is 5.56 Å². The Labute approximate surface area is 136 Å². The Kier molecular flexibility index (Phi) is 5.28. The molecule has 1 atom stereocenters. The molecule has 0 N–H and O–H groups in total. The summed E-state index contributed by atoms with van der Waals surface area (Å²) in [7, 11) is 0. The second kappa shape index (κ2) is 6.98. The van der Waals surface area contributed by atoms with Gasteiger partial charge in [-0.1, -0.05) is 67.4 Å². The fourth-order valence-corrected chi connectivity index (χ4v) is 2.82. The van der Waals surface area contributed by atoms with Gasteiger partial charge in [0.05, 0.1) is 12.0 Å². The van der Waals surface area contributed by atoms with Gasteiger partial charge >= 0.3 is 0 Å². The Morgan fingerprint density at radius 2 is 1.71 bits per heavy atom. The van der Waals surface area contributed by atoms with E-state index in [9.17, 15) is 5.26 Å². The summed E-state index contributed by atoms with van der Waals surface area (Å²) in [6.07, 6.45) is 0.649. The summed E-state index contributed by atoms with van der Waals surface area (Å²) >= 11 is 12.1. The highest BCUT2D eigenvalue weighted by Gasteiger charge is 2.15. The van der Waals surface area contributed by atoms with Crippen LogP contribution in [0.25, 0.3) is 0 Å². The average molecular weight is 318 g/mol. The minimum absolute atomic E-state index is 0.264. The third-order valence-electron chi connectivity index (χ3n) is 3.58. The van der Waals surface area contributed by atoms with Crippen molar-refractivity contribution in [3.63, 3.8) is 0 Å². The summed E-state index contributed by atoms with van der Waals surface area (Å²) < 4.78 is 0. The van der Waals surface area contributed by atoms with Crippen LogP contribution in [0.5, 0.6) is 0 Å². The van der Waals surface area contributed by atoms with E-state index in [0.717, 1.165) is 11.1 Å². The smallest absolute Gasteiger partial charge is 0.0767 e. The average Bonchev–Trinajstić information content (AvgIpc) is 2.46. The molecule has 108 valence electrons. The van der Waals surface area contributed by atoms with Gasteiger partial charge in [-0.05, 0) is 41.2 Å². The first-order chi connectivity index (χ1) is 10.0. The van der Waals surface area contributed by atoms with Crippen molar-refractivity contribution in [3.8, 4) is 6.07 Å². The lowest BCUT2D eigenvalue weighted by Gasteiger charge is -2.13. The van der Waals surface area contributed by atoms with Gasteiger partial charge in [-0.2, -0.15) is 5.26 Å². The third kappa shape index (κ3) is 4.00. The molecule has 2 aromatic rings. The highest BCUT2D eigenvalue weighted by atomic mass is 35.5. The lowest BCUT2D eigenvalue weighted by molar-refractivity contribution is 0.839. The second-order valence-corrected chi connectivity index (χ2v) is 6.29. The Morgan fingerprint density at radius 1 is 1.05 bits per heavy atom. The Balaban J connectivity index is 2.21. The molecule has 0 aliphatic heterocycles. The molecule has 3 heteroatoms. The van der Waals surface area contributed by atoms with Gasteiger partial charge in [0.2, 0.25) is 0 Å². The zero-order valence-corrected chi connectivity index (χ0v) is 13.6. The molecule has 0 spiro atoms. The standard InChI is InChI=1S/C18H17Cl2N/c1-12(2)14-5-3-13(4-6-14)9-15(11-21)17-8-7-16(19)10-18(17)20/h3-8,10,12,15H,9H2,1-2H3. The molecule has 0 saturated heterocycles. The molecule has 1 nitrogen and oxygen atoms in total. The predicted molar refractivity (Wildman–Crippen MR) is 89.1 cm³/mol. The van der Waals surface area contributed by atoms with Gasteiger partial charge in [-0.15, -0.1) is 0 Å². The van der Waals surface area contributed by atoms with E-state index in [2.05, 4.69) is 44.2 Å². The van der Waals surface area contributed by atoms with E-state index in [0.29, 0.717) is 22.4 Å². The fraction of sp³-hybridized carbons (Fsp3) is 0.278. The molecule has 0 aliphatic rings. The molecule has 21 heavy (non-hydrogen) atoms. The topological polar surface area (TPSA) is 23.8 Å². The normalized spacial score (nSPS) is 12.2. The van der Waals surface area contributed by atoms with Crippen LogP contribution in [0.1, 0.15) is 42.4 Å². The van der Waals surface area contributed by atoms with Crippen LogP contribution in [0.15, 0.2) is 42.5 Å². The van der Waals surface area contributed by atoms with E-state index in [1.54, 1.807) is 12.1 Å². The Morgan fingerprint density at radius 3 is 2.24 bits per heavy atom. The van der Waals surface area contributed by atoms with Crippen LogP contribution in [0, 0.1) is 11.3 Å². The molecule has 2 rings (SSSR count). The van der Waals surface area contributed by atoms with Gasteiger partial charge in [-0.25, -0.2) is 0 Å². The van der Waals surface area contributed by atoms with Crippen LogP contribution in [0.2, 0.25) is 10.0 Å². The van der Waals surface area contributed by atoms with Crippen LogP contribution in [0.3, 0.4) is 0 Å². The largest absolute Gasteiger partial charge is 0.198 e. The minimum atomic E-state index is -0.264. The van der Waals surface area contributed by atoms with Crippen LogP contribution in [-0.4, -0.2) is 0 Å². The van der Waals surface area contributed by atoms with Crippen LogP contribution < -0.4 is 0 Å². The first-order valence-corrected chi connectivity index (χ1v) is 7.70.